The fourth-order valence-corrected chi connectivity index (χ4v) is 1.71. The molecule has 1 saturated carbocycles. The largest absolute Gasteiger partial charge is 0.464 e. The van der Waals surface area contributed by atoms with Gasteiger partial charge in [-0.3, -0.25) is 0 Å². The van der Waals surface area contributed by atoms with Crippen LogP contribution in [-0.4, -0.2) is 23.0 Å². The first-order valence-corrected chi connectivity index (χ1v) is 5.78. The molecule has 3 rings (SSSR count). The van der Waals surface area contributed by atoms with Gasteiger partial charge in [0.25, 0.3) is 0 Å². The molecule has 1 aliphatic rings. The molecule has 0 spiro atoms. The summed E-state index contributed by atoms with van der Waals surface area (Å²) >= 11 is 0. The fraction of sp³-hybridized carbons (Fsp3) is 0.308. The zero-order chi connectivity index (χ0) is 12.5. The highest BCUT2D eigenvalue weighted by Gasteiger charge is 2.28. The zero-order valence-electron chi connectivity index (χ0n) is 9.92. The monoisotopic (exact) mass is 244 g/mol. The standard InChI is InChI=1S/C13H12N2O3/c1-17-13(16)10-5-4-9(6-14-10)11-7-18-12(15-11)8-2-3-8/h4-8H,2-3H2,1H3. The number of aromatic nitrogens is 2. The average molecular weight is 244 g/mol. The average Bonchev–Trinajstić information content (AvgIpc) is 3.16. The highest BCUT2D eigenvalue weighted by atomic mass is 16.5. The van der Waals surface area contributed by atoms with Crippen LogP contribution in [0.15, 0.2) is 29.0 Å². The molecule has 2 aromatic rings. The molecular formula is C13H12N2O3. The van der Waals surface area contributed by atoms with Gasteiger partial charge in [-0.1, -0.05) is 0 Å². The summed E-state index contributed by atoms with van der Waals surface area (Å²) in [6, 6.07) is 3.40. The number of oxazole rings is 1. The van der Waals surface area contributed by atoms with Crippen LogP contribution in [0.5, 0.6) is 0 Å². The van der Waals surface area contributed by atoms with Crippen LogP contribution in [0.1, 0.15) is 35.1 Å². The van der Waals surface area contributed by atoms with Crippen LogP contribution in [-0.2, 0) is 4.74 Å². The molecule has 92 valence electrons. The van der Waals surface area contributed by atoms with Gasteiger partial charge in [-0.25, -0.2) is 14.8 Å². The van der Waals surface area contributed by atoms with Gasteiger partial charge in [0, 0.05) is 17.7 Å². The van der Waals surface area contributed by atoms with Crippen molar-refractivity contribution in [2.45, 2.75) is 18.8 Å². The van der Waals surface area contributed by atoms with Crippen molar-refractivity contribution in [3.63, 3.8) is 0 Å². The Labute approximate surface area is 104 Å². The predicted octanol–water partition coefficient (Wildman–Crippen LogP) is 2.40. The van der Waals surface area contributed by atoms with Crippen molar-refractivity contribution in [3.05, 3.63) is 36.2 Å². The van der Waals surface area contributed by atoms with E-state index in [4.69, 9.17) is 4.42 Å². The van der Waals surface area contributed by atoms with E-state index in [-0.39, 0.29) is 5.69 Å². The maximum absolute atomic E-state index is 11.2. The summed E-state index contributed by atoms with van der Waals surface area (Å²) in [4.78, 5) is 19.7. The second-order valence-corrected chi connectivity index (χ2v) is 4.27. The molecule has 0 radical (unpaired) electrons. The molecule has 2 heterocycles. The molecule has 0 bridgehead atoms. The minimum Gasteiger partial charge on any atom is -0.464 e. The highest BCUT2D eigenvalue weighted by Crippen LogP contribution is 2.40. The third kappa shape index (κ3) is 1.99. The number of carbonyl (C=O) groups is 1. The van der Waals surface area contributed by atoms with Crippen LogP contribution < -0.4 is 0 Å². The number of nitrogens with zero attached hydrogens (tertiary/aromatic N) is 2. The molecule has 0 saturated heterocycles. The first kappa shape index (κ1) is 11.0. The summed E-state index contributed by atoms with van der Waals surface area (Å²) in [6.45, 7) is 0. The Balaban J connectivity index is 1.84. The number of pyridine rings is 1. The van der Waals surface area contributed by atoms with E-state index in [9.17, 15) is 4.79 Å². The Morgan fingerprint density at radius 1 is 1.44 bits per heavy atom. The van der Waals surface area contributed by atoms with E-state index in [1.807, 2.05) is 0 Å². The lowest BCUT2D eigenvalue weighted by Crippen LogP contribution is -2.03. The van der Waals surface area contributed by atoms with Gasteiger partial charge in [0.05, 0.1) is 7.11 Å². The van der Waals surface area contributed by atoms with Gasteiger partial charge in [-0.2, -0.15) is 0 Å². The van der Waals surface area contributed by atoms with E-state index < -0.39 is 5.97 Å². The number of hydrogen-bond donors (Lipinski definition) is 0. The van der Waals surface area contributed by atoms with Crippen molar-refractivity contribution < 1.29 is 13.9 Å². The minimum absolute atomic E-state index is 0.284. The van der Waals surface area contributed by atoms with Gasteiger partial charge in [0.15, 0.2) is 5.89 Å². The lowest BCUT2D eigenvalue weighted by Gasteiger charge is -1.99. The molecule has 5 nitrogen and oxygen atoms in total. The van der Waals surface area contributed by atoms with Crippen molar-refractivity contribution in [2.75, 3.05) is 7.11 Å². The summed E-state index contributed by atoms with van der Waals surface area (Å²) in [5.41, 5.74) is 1.87. The molecule has 5 heteroatoms. The molecular weight excluding hydrogens is 232 g/mol. The summed E-state index contributed by atoms with van der Waals surface area (Å²) in [6.07, 6.45) is 5.53. The van der Waals surface area contributed by atoms with Crippen molar-refractivity contribution in [1.82, 2.24) is 9.97 Å². The van der Waals surface area contributed by atoms with E-state index in [2.05, 4.69) is 14.7 Å². The Bertz CT molecular complexity index is 570. The van der Waals surface area contributed by atoms with Crippen LogP contribution >= 0.6 is 0 Å². The summed E-state index contributed by atoms with van der Waals surface area (Å²) < 4.78 is 10.0. The van der Waals surface area contributed by atoms with Crippen LogP contribution in [0.3, 0.4) is 0 Å². The molecule has 18 heavy (non-hydrogen) atoms. The van der Waals surface area contributed by atoms with Crippen LogP contribution in [0, 0.1) is 0 Å². The Morgan fingerprint density at radius 2 is 2.28 bits per heavy atom. The minimum atomic E-state index is -0.444. The highest BCUT2D eigenvalue weighted by molar-refractivity contribution is 5.87. The molecule has 0 aromatic carbocycles. The Kier molecular flexibility index (Phi) is 2.59. The number of esters is 1. The van der Waals surface area contributed by atoms with Crippen molar-refractivity contribution in [1.29, 1.82) is 0 Å². The van der Waals surface area contributed by atoms with E-state index >= 15 is 0 Å². The van der Waals surface area contributed by atoms with Crippen molar-refractivity contribution in [3.8, 4) is 11.3 Å². The van der Waals surface area contributed by atoms with Crippen molar-refractivity contribution >= 4 is 5.97 Å². The lowest BCUT2D eigenvalue weighted by molar-refractivity contribution is 0.0594. The zero-order valence-corrected chi connectivity index (χ0v) is 9.92. The van der Waals surface area contributed by atoms with Crippen molar-refractivity contribution in [2.24, 2.45) is 0 Å². The fourth-order valence-electron chi connectivity index (χ4n) is 1.71. The molecule has 2 aromatic heterocycles. The van der Waals surface area contributed by atoms with Crippen LogP contribution in [0.4, 0.5) is 0 Å². The molecule has 0 unspecified atom stereocenters. The summed E-state index contributed by atoms with van der Waals surface area (Å²) in [7, 11) is 1.33. The normalized spacial score (nSPS) is 14.5. The number of methoxy groups -OCH3 is 1. The van der Waals surface area contributed by atoms with Gasteiger partial charge in [0.2, 0.25) is 0 Å². The lowest BCUT2D eigenvalue weighted by atomic mass is 10.2. The molecule has 0 N–H and O–H groups in total. The second-order valence-electron chi connectivity index (χ2n) is 4.27. The first-order chi connectivity index (χ1) is 8.78. The van der Waals surface area contributed by atoms with E-state index in [1.165, 1.54) is 7.11 Å². The Hall–Kier alpha value is -2.17. The summed E-state index contributed by atoms with van der Waals surface area (Å²) in [5.74, 6) is 0.837. The number of carbonyl (C=O) groups excluding carboxylic acids is 1. The number of rotatable bonds is 3. The Morgan fingerprint density at radius 3 is 2.89 bits per heavy atom. The van der Waals surface area contributed by atoms with Gasteiger partial charge in [-0.05, 0) is 25.0 Å². The quantitative estimate of drug-likeness (QED) is 0.775. The predicted molar refractivity (Wildman–Crippen MR) is 63.0 cm³/mol. The van der Waals surface area contributed by atoms with Gasteiger partial charge < -0.3 is 9.15 Å². The molecule has 0 aliphatic heterocycles. The van der Waals surface area contributed by atoms with Gasteiger partial charge in [0.1, 0.15) is 17.7 Å². The number of hydrogen-bond acceptors (Lipinski definition) is 5. The van der Waals surface area contributed by atoms with Gasteiger partial charge >= 0.3 is 5.97 Å². The third-order valence-corrected chi connectivity index (χ3v) is 2.90. The molecule has 1 fully saturated rings. The topological polar surface area (TPSA) is 65.2 Å². The summed E-state index contributed by atoms with van der Waals surface area (Å²) in [5, 5.41) is 0. The van der Waals surface area contributed by atoms with E-state index in [0.29, 0.717) is 5.92 Å². The first-order valence-electron chi connectivity index (χ1n) is 5.78. The molecule has 0 atom stereocenters. The second kappa shape index (κ2) is 4.25. The van der Waals surface area contributed by atoms with Gasteiger partial charge in [-0.15, -0.1) is 0 Å². The SMILES string of the molecule is COC(=O)c1ccc(-c2coc(C3CC3)n2)cn1. The smallest absolute Gasteiger partial charge is 0.356 e. The molecule has 1 aliphatic carbocycles. The van der Waals surface area contributed by atoms with E-state index in [1.54, 1.807) is 24.6 Å². The maximum Gasteiger partial charge on any atom is 0.356 e. The third-order valence-electron chi connectivity index (χ3n) is 2.90. The van der Waals surface area contributed by atoms with Crippen LogP contribution in [0.2, 0.25) is 0 Å². The number of ether oxygens (including phenoxy) is 1. The van der Waals surface area contributed by atoms with Crippen LogP contribution in [0.25, 0.3) is 11.3 Å². The van der Waals surface area contributed by atoms with E-state index in [0.717, 1.165) is 30.0 Å². The maximum atomic E-state index is 11.2. The molecule has 0 amide bonds.